The maximum absolute atomic E-state index is 12.6. The molecule has 0 unspecified atom stereocenters. The van der Waals surface area contributed by atoms with Gasteiger partial charge in [0.1, 0.15) is 0 Å². The molecule has 0 saturated carbocycles. The minimum atomic E-state index is -0.441. The quantitative estimate of drug-likeness (QED) is 0.419. The molecule has 2 amide bonds. The van der Waals surface area contributed by atoms with E-state index in [4.69, 9.17) is 34.8 Å². The summed E-state index contributed by atoms with van der Waals surface area (Å²) < 4.78 is 1.73. The Hall–Kier alpha value is -2.26. The summed E-state index contributed by atoms with van der Waals surface area (Å²) in [7, 11) is 1.77. The number of nitrogens with one attached hydrogen (secondary N) is 2. The lowest BCUT2D eigenvalue weighted by molar-refractivity contribution is -0.113. The van der Waals surface area contributed by atoms with Crippen molar-refractivity contribution in [2.75, 3.05) is 11.1 Å². The summed E-state index contributed by atoms with van der Waals surface area (Å²) in [4.78, 5) is 24.9. The lowest BCUT2D eigenvalue weighted by atomic mass is 10.2. The minimum Gasteiger partial charge on any atom is -0.342 e. The molecule has 1 heterocycles. The van der Waals surface area contributed by atoms with Crippen LogP contribution in [0.1, 0.15) is 34.7 Å². The molecule has 3 rings (SSSR count). The van der Waals surface area contributed by atoms with Gasteiger partial charge in [-0.1, -0.05) is 52.6 Å². The van der Waals surface area contributed by atoms with Crippen molar-refractivity contribution in [3.8, 4) is 0 Å². The van der Waals surface area contributed by atoms with Gasteiger partial charge in [-0.2, -0.15) is 0 Å². The summed E-state index contributed by atoms with van der Waals surface area (Å²) in [5, 5.41) is 15.8. The zero-order valence-electron chi connectivity index (χ0n) is 17.4. The molecule has 0 aliphatic heterocycles. The van der Waals surface area contributed by atoms with Crippen LogP contribution in [-0.4, -0.2) is 32.3 Å². The van der Waals surface area contributed by atoms with Crippen molar-refractivity contribution < 1.29 is 9.59 Å². The number of rotatable bonds is 7. The Morgan fingerprint density at radius 1 is 1.12 bits per heavy atom. The van der Waals surface area contributed by atoms with Crippen LogP contribution in [0.3, 0.4) is 0 Å². The van der Waals surface area contributed by atoms with Crippen molar-refractivity contribution in [3.63, 3.8) is 0 Å². The average Bonchev–Trinajstić information content (AvgIpc) is 3.10. The number of aromatic nitrogens is 3. The highest BCUT2D eigenvalue weighted by molar-refractivity contribution is 7.99. The van der Waals surface area contributed by atoms with Gasteiger partial charge in [0.2, 0.25) is 5.91 Å². The van der Waals surface area contributed by atoms with Crippen molar-refractivity contribution in [1.29, 1.82) is 0 Å². The first-order chi connectivity index (χ1) is 15.2. The van der Waals surface area contributed by atoms with E-state index in [0.29, 0.717) is 32.3 Å². The number of hydrogen-bond donors (Lipinski definition) is 2. The predicted octanol–water partition coefficient (Wildman–Crippen LogP) is 5.31. The van der Waals surface area contributed by atoms with Gasteiger partial charge in [0, 0.05) is 22.8 Å². The smallest absolute Gasteiger partial charge is 0.253 e. The molecular weight excluding hydrogens is 493 g/mol. The second-order valence-electron chi connectivity index (χ2n) is 6.97. The van der Waals surface area contributed by atoms with Crippen LogP contribution in [0.2, 0.25) is 15.1 Å². The molecule has 168 valence electrons. The highest BCUT2D eigenvalue weighted by Crippen LogP contribution is 2.25. The van der Waals surface area contributed by atoms with Crippen molar-refractivity contribution in [2.45, 2.75) is 25.0 Å². The van der Waals surface area contributed by atoms with Crippen LogP contribution in [0.15, 0.2) is 41.6 Å². The molecular formula is C21H20Cl3N5O2S. The number of carbonyl (C=O) groups excluding carboxylic acids is 2. The number of benzene rings is 2. The fourth-order valence-corrected chi connectivity index (χ4v) is 4.29. The summed E-state index contributed by atoms with van der Waals surface area (Å²) in [5.41, 5.74) is 1.78. The second-order valence-corrected chi connectivity index (χ2v) is 9.16. The molecule has 0 fully saturated rings. The van der Waals surface area contributed by atoms with Crippen LogP contribution < -0.4 is 10.6 Å². The van der Waals surface area contributed by atoms with Gasteiger partial charge in [-0.15, -0.1) is 10.2 Å². The Balaban J connectivity index is 1.61. The standard InChI is InChI=1S/C21H20Cl3N5O2S/c1-11-15(23)5-4-6-17(11)26-18(30)10-32-21-28-27-19(29(21)3)12(2)25-20(31)14-8-7-13(22)9-16(14)24/h4-9,12H,10H2,1-3H3,(H,25,31)(H,26,30)/t12-/m1/s1. The number of halogens is 3. The monoisotopic (exact) mass is 511 g/mol. The van der Waals surface area contributed by atoms with E-state index in [0.717, 1.165) is 5.56 Å². The normalized spacial score (nSPS) is 11.8. The zero-order valence-corrected chi connectivity index (χ0v) is 20.5. The van der Waals surface area contributed by atoms with Gasteiger partial charge in [0.15, 0.2) is 11.0 Å². The molecule has 0 saturated heterocycles. The molecule has 0 radical (unpaired) electrons. The van der Waals surface area contributed by atoms with Gasteiger partial charge in [-0.05, 0) is 49.7 Å². The van der Waals surface area contributed by atoms with E-state index < -0.39 is 6.04 Å². The van der Waals surface area contributed by atoms with Crippen molar-refractivity contribution in [1.82, 2.24) is 20.1 Å². The first-order valence-corrected chi connectivity index (χ1v) is 11.6. The average molecular weight is 513 g/mol. The fourth-order valence-electron chi connectivity index (χ4n) is 2.90. The third-order valence-corrected chi connectivity index (χ3v) is 6.63. The molecule has 0 bridgehead atoms. The van der Waals surface area contributed by atoms with Crippen LogP contribution in [0.25, 0.3) is 0 Å². The lowest BCUT2D eigenvalue weighted by Gasteiger charge is -2.14. The predicted molar refractivity (Wildman–Crippen MR) is 129 cm³/mol. The van der Waals surface area contributed by atoms with Gasteiger partial charge in [0.05, 0.1) is 22.4 Å². The van der Waals surface area contributed by atoms with Gasteiger partial charge < -0.3 is 15.2 Å². The van der Waals surface area contributed by atoms with Gasteiger partial charge in [-0.25, -0.2) is 0 Å². The van der Waals surface area contributed by atoms with E-state index >= 15 is 0 Å². The SMILES string of the molecule is Cc1c(Cl)cccc1NC(=O)CSc1nnc([C@@H](C)NC(=O)c2ccc(Cl)cc2Cl)n1C. The highest BCUT2D eigenvalue weighted by atomic mass is 35.5. The first-order valence-electron chi connectivity index (χ1n) is 9.50. The summed E-state index contributed by atoms with van der Waals surface area (Å²) in [5.74, 6) is 0.132. The third kappa shape index (κ3) is 5.75. The van der Waals surface area contributed by atoms with E-state index in [2.05, 4.69) is 20.8 Å². The molecule has 2 N–H and O–H groups in total. The second kappa shape index (κ2) is 10.6. The van der Waals surface area contributed by atoms with Crippen LogP contribution in [0.5, 0.6) is 0 Å². The van der Waals surface area contributed by atoms with E-state index in [-0.39, 0.29) is 22.6 Å². The molecule has 7 nitrogen and oxygen atoms in total. The van der Waals surface area contributed by atoms with Crippen LogP contribution in [-0.2, 0) is 11.8 Å². The molecule has 2 aromatic carbocycles. The van der Waals surface area contributed by atoms with Crippen molar-refractivity contribution in [3.05, 3.63) is 68.4 Å². The maximum Gasteiger partial charge on any atom is 0.253 e. The van der Waals surface area contributed by atoms with Gasteiger partial charge >= 0.3 is 0 Å². The first kappa shape index (κ1) is 24.4. The van der Waals surface area contributed by atoms with E-state index in [9.17, 15) is 9.59 Å². The van der Waals surface area contributed by atoms with Crippen LogP contribution in [0.4, 0.5) is 5.69 Å². The van der Waals surface area contributed by atoms with Gasteiger partial charge in [0.25, 0.3) is 5.91 Å². The van der Waals surface area contributed by atoms with Crippen molar-refractivity contribution >= 4 is 64.1 Å². The zero-order chi connectivity index (χ0) is 23.4. The fraction of sp³-hybridized carbons (Fsp3) is 0.238. The molecule has 32 heavy (non-hydrogen) atoms. The summed E-state index contributed by atoms with van der Waals surface area (Å²) >= 11 is 19.3. The number of carbonyl (C=O) groups is 2. The number of nitrogens with zero attached hydrogens (tertiary/aromatic N) is 3. The maximum atomic E-state index is 12.6. The minimum absolute atomic E-state index is 0.138. The number of anilines is 1. The molecule has 0 spiro atoms. The summed E-state index contributed by atoms with van der Waals surface area (Å²) in [6.45, 7) is 3.63. The van der Waals surface area contributed by atoms with Gasteiger partial charge in [-0.3, -0.25) is 9.59 Å². The number of amides is 2. The van der Waals surface area contributed by atoms with Crippen LogP contribution in [0, 0.1) is 6.92 Å². The Kier molecular flexibility index (Phi) is 8.05. The van der Waals surface area contributed by atoms with Crippen LogP contribution >= 0.6 is 46.6 Å². The largest absolute Gasteiger partial charge is 0.342 e. The van der Waals surface area contributed by atoms with E-state index in [1.807, 2.05) is 6.92 Å². The third-order valence-electron chi connectivity index (χ3n) is 4.65. The molecule has 3 aromatic rings. The highest BCUT2D eigenvalue weighted by Gasteiger charge is 2.20. The topological polar surface area (TPSA) is 88.9 Å². The van der Waals surface area contributed by atoms with E-state index in [1.54, 1.807) is 48.9 Å². The Morgan fingerprint density at radius 2 is 1.88 bits per heavy atom. The Bertz CT molecular complexity index is 1170. The van der Waals surface area contributed by atoms with E-state index in [1.165, 1.54) is 17.8 Å². The number of hydrogen-bond acceptors (Lipinski definition) is 5. The molecule has 11 heteroatoms. The number of thioether (sulfide) groups is 1. The summed E-state index contributed by atoms with van der Waals surface area (Å²) in [6, 6.07) is 9.56. The van der Waals surface area contributed by atoms with Crippen molar-refractivity contribution in [2.24, 2.45) is 7.05 Å². The molecule has 1 atom stereocenters. The molecule has 0 aliphatic carbocycles. The molecule has 0 aliphatic rings. The summed E-state index contributed by atoms with van der Waals surface area (Å²) in [6.07, 6.45) is 0. The lowest BCUT2D eigenvalue weighted by Crippen LogP contribution is -2.28. The Morgan fingerprint density at radius 3 is 2.59 bits per heavy atom. The Labute approximate surface area is 204 Å². The molecule has 1 aromatic heterocycles.